The number of amides is 2. The molecule has 37 heavy (non-hydrogen) atoms. The van der Waals surface area contributed by atoms with Crippen LogP contribution < -0.4 is 9.62 Å². The Balaban J connectivity index is 1.99. The summed E-state index contributed by atoms with van der Waals surface area (Å²) in [6, 6.07) is 20.9. The van der Waals surface area contributed by atoms with Crippen molar-refractivity contribution in [1.29, 1.82) is 0 Å². The summed E-state index contributed by atoms with van der Waals surface area (Å²) in [6.45, 7) is 6.52. The Hall–Kier alpha value is -3.72. The second-order valence-corrected chi connectivity index (χ2v) is 11.6. The molecule has 3 rings (SSSR count). The number of nitrogens with one attached hydrogen (secondary N) is 1. The molecular weight excluding hydrogens is 493 g/mol. The molecule has 0 spiro atoms. The third kappa shape index (κ3) is 7.39. The highest BCUT2D eigenvalue weighted by molar-refractivity contribution is 7.92. The maximum Gasteiger partial charge on any atom is 0.264 e. The SMILES string of the molecule is CC(C(=O)NC(C)(C)C)N(Cc1ccc(F)cc1)C(=O)CN(c1ccccc1)S(=O)(=O)c1ccccc1. The first-order valence-electron chi connectivity index (χ1n) is 11.9. The molecule has 196 valence electrons. The zero-order valence-corrected chi connectivity index (χ0v) is 22.2. The van der Waals surface area contributed by atoms with Crippen molar-refractivity contribution in [3.8, 4) is 0 Å². The Bertz CT molecular complexity index is 1310. The van der Waals surface area contributed by atoms with Gasteiger partial charge in [0.25, 0.3) is 10.0 Å². The predicted octanol–water partition coefficient (Wildman–Crippen LogP) is 4.35. The number of carbonyl (C=O) groups excluding carboxylic acids is 2. The zero-order valence-electron chi connectivity index (χ0n) is 21.4. The molecule has 3 aromatic carbocycles. The molecule has 0 saturated carbocycles. The van der Waals surface area contributed by atoms with Crippen molar-refractivity contribution in [3.05, 3.63) is 96.3 Å². The Morgan fingerprint density at radius 3 is 1.97 bits per heavy atom. The predicted molar refractivity (Wildman–Crippen MR) is 142 cm³/mol. The topological polar surface area (TPSA) is 86.8 Å². The molecule has 0 bridgehead atoms. The standard InChI is InChI=1S/C28H32FN3O4S/c1-21(27(34)30-28(2,3)4)31(19-22-15-17-23(29)18-16-22)26(33)20-32(24-11-7-5-8-12-24)37(35,36)25-13-9-6-10-14-25/h5-18,21H,19-20H2,1-4H3,(H,30,34). The Morgan fingerprint density at radius 2 is 1.43 bits per heavy atom. The molecule has 7 nitrogen and oxygen atoms in total. The maximum absolute atomic E-state index is 13.8. The Kier molecular flexibility index (Phi) is 8.70. The van der Waals surface area contributed by atoms with E-state index in [1.165, 1.54) is 41.3 Å². The lowest BCUT2D eigenvalue weighted by molar-refractivity contribution is -0.140. The smallest absolute Gasteiger partial charge is 0.264 e. The molecule has 1 unspecified atom stereocenters. The van der Waals surface area contributed by atoms with Gasteiger partial charge in [-0.1, -0.05) is 48.5 Å². The Morgan fingerprint density at radius 1 is 0.892 bits per heavy atom. The van der Waals surface area contributed by atoms with Gasteiger partial charge in [-0.05, 0) is 69.7 Å². The second kappa shape index (κ2) is 11.6. The van der Waals surface area contributed by atoms with E-state index in [4.69, 9.17) is 0 Å². The van der Waals surface area contributed by atoms with Crippen molar-refractivity contribution in [2.75, 3.05) is 10.8 Å². The van der Waals surface area contributed by atoms with Crippen molar-refractivity contribution in [3.63, 3.8) is 0 Å². The zero-order chi connectivity index (χ0) is 27.2. The number of para-hydroxylation sites is 1. The summed E-state index contributed by atoms with van der Waals surface area (Å²) in [6.07, 6.45) is 0. The fourth-order valence-electron chi connectivity index (χ4n) is 3.69. The van der Waals surface area contributed by atoms with Crippen LogP contribution in [0.25, 0.3) is 0 Å². The van der Waals surface area contributed by atoms with Gasteiger partial charge in [-0.2, -0.15) is 0 Å². The van der Waals surface area contributed by atoms with Crippen LogP contribution >= 0.6 is 0 Å². The molecule has 2 amide bonds. The molecule has 0 radical (unpaired) electrons. The molecule has 9 heteroatoms. The average Bonchev–Trinajstić information content (AvgIpc) is 2.86. The van der Waals surface area contributed by atoms with Crippen LogP contribution in [0.15, 0.2) is 89.8 Å². The first-order chi connectivity index (χ1) is 17.4. The molecule has 3 aromatic rings. The van der Waals surface area contributed by atoms with Gasteiger partial charge < -0.3 is 10.2 Å². The monoisotopic (exact) mass is 525 g/mol. The van der Waals surface area contributed by atoms with E-state index in [1.54, 1.807) is 55.5 Å². The van der Waals surface area contributed by atoms with Gasteiger partial charge in [-0.15, -0.1) is 0 Å². The van der Waals surface area contributed by atoms with Gasteiger partial charge in [0.05, 0.1) is 10.6 Å². The average molecular weight is 526 g/mol. The van der Waals surface area contributed by atoms with E-state index in [1.807, 2.05) is 20.8 Å². The molecule has 0 aliphatic carbocycles. The summed E-state index contributed by atoms with van der Waals surface area (Å²) in [7, 11) is -4.10. The van der Waals surface area contributed by atoms with Gasteiger partial charge in [0, 0.05) is 12.1 Å². The lowest BCUT2D eigenvalue weighted by Crippen LogP contribution is -2.54. The molecule has 0 aromatic heterocycles. The lowest BCUT2D eigenvalue weighted by Gasteiger charge is -2.33. The molecule has 1 N–H and O–H groups in total. The lowest BCUT2D eigenvalue weighted by atomic mass is 10.1. The Labute approximate surface area is 218 Å². The largest absolute Gasteiger partial charge is 0.350 e. The van der Waals surface area contributed by atoms with Crippen molar-refractivity contribution in [2.45, 2.75) is 50.7 Å². The number of hydrogen-bond acceptors (Lipinski definition) is 4. The van der Waals surface area contributed by atoms with Crippen molar-refractivity contribution < 1.29 is 22.4 Å². The highest BCUT2D eigenvalue weighted by Crippen LogP contribution is 2.24. The van der Waals surface area contributed by atoms with Gasteiger partial charge in [0.2, 0.25) is 11.8 Å². The number of rotatable bonds is 9. The van der Waals surface area contributed by atoms with E-state index in [9.17, 15) is 22.4 Å². The first kappa shape index (κ1) is 27.9. The van der Waals surface area contributed by atoms with Crippen LogP contribution in [-0.2, 0) is 26.2 Å². The van der Waals surface area contributed by atoms with Crippen LogP contribution in [0.5, 0.6) is 0 Å². The van der Waals surface area contributed by atoms with E-state index >= 15 is 0 Å². The third-order valence-electron chi connectivity index (χ3n) is 5.59. The molecule has 0 fully saturated rings. The van der Waals surface area contributed by atoms with Crippen molar-refractivity contribution in [1.82, 2.24) is 10.2 Å². The van der Waals surface area contributed by atoms with Gasteiger partial charge in [0.1, 0.15) is 18.4 Å². The van der Waals surface area contributed by atoms with E-state index in [0.29, 0.717) is 11.3 Å². The molecule has 0 heterocycles. The minimum absolute atomic E-state index is 0.00808. The van der Waals surface area contributed by atoms with Crippen LogP contribution in [-0.4, -0.2) is 43.3 Å². The first-order valence-corrected chi connectivity index (χ1v) is 13.3. The summed E-state index contributed by atoms with van der Waals surface area (Å²) >= 11 is 0. The third-order valence-corrected chi connectivity index (χ3v) is 7.37. The quantitative estimate of drug-likeness (QED) is 0.450. The van der Waals surface area contributed by atoms with Gasteiger partial charge in [-0.3, -0.25) is 13.9 Å². The molecule has 0 aliphatic heterocycles. The minimum Gasteiger partial charge on any atom is -0.350 e. The number of benzene rings is 3. The maximum atomic E-state index is 13.8. The van der Waals surface area contributed by atoms with Crippen LogP contribution in [0.4, 0.5) is 10.1 Å². The summed E-state index contributed by atoms with van der Waals surface area (Å²) in [4.78, 5) is 28.1. The normalized spacial score (nSPS) is 12.5. The van der Waals surface area contributed by atoms with Crippen LogP contribution in [0.2, 0.25) is 0 Å². The van der Waals surface area contributed by atoms with Crippen molar-refractivity contribution in [2.24, 2.45) is 0 Å². The van der Waals surface area contributed by atoms with Crippen molar-refractivity contribution >= 4 is 27.5 Å². The van der Waals surface area contributed by atoms with E-state index in [-0.39, 0.29) is 17.3 Å². The number of halogens is 1. The molecule has 1 atom stereocenters. The summed E-state index contributed by atoms with van der Waals surface area (Å²) in [5, 5.41) is 2.87. The fraction of sp³-hybridized carbons (Fsp3) is 0.286. The van der Waals surface area contributed by atoms with E-state index < -0.39 is 39.9 Å². The summed E-state index contributed by atoms with van der Waals surface area (Å²) in [5.74, 6) is -1.39. The number of hydrogen-bond donors (Lipinski definition) is 1. The number of sulfonamides is 1. The van der Waals surface area contributed by atoms with E-state index in [0.717, 1.165) is 4.31 Å². The summed E-state index contributed by atoms with van der Waals surface area (Å²) < 4.78 is 41.8. The van der Waals surface area contributed by atoms with Crippen LogP contribution in [0, 0.1) is 5.82 Å². The highest BCUT2D eigenvalue weighted by atomic mass is 32.2. The van der Waals surface area contributed by atoms with E-state index in [2.05, 4.69) is 5.32 Å². The van der Waals surface area contributed by atoms with Gasteiger partial charge >= 0.3 is 0 Å². The molecular formula is C28H32FN3O4S. The molecule has 0 aliphatic rings. The minimum atomic E-state index is -4.10. The molecule has 0 saturated heterocycles. The van der Waals surface area contributed by atoms with Gasteiger partial charge in [-0.25, -0.2) is 12.8 Å². The van der Waals surface area contributed by atoms with Crippen LogP contribution in [0.1, 0.15) is 33.3 Å². The van der Waals surface area contributed by atoms with Gasteiger partial charge in [0.15, 0.2) is 0 Å². The number of carbonyl (C=O) groups is 2. The van der Waals surface area contributed by atoms with Crippen LogP contribution in [0.3, 0.4) is 0 Å². The summed E-state index contributed by atoms with van der Waals surface area (Å²) in [5.41, 5.74) is 0.374. The fourth-order valence-corrected chi connectivity index (χ4v) is 5.12. The number of nitrogens with zero attached hydrogens (tertiary/aromatic N) is 2. The highest BCUT2D eigenvalue weighted by Gasteiger charge is 2.33. The number of anilines is 1. The second-order valence-electron chi connectivity index (χ2n) is 9.72.